The van der Waals surface area contributed by atoms with Crippen LogP contribution in [-0.2, 0) is 22.6 Å². The quantitative estimate of drug-likeness (QED) is 0.542. The van der Waals surface area contributed by atoms with Crippen molar-refractivity contribution >= 4 is 22.9 Å². The molecule has 0 saturated heterocycles. The van der Waals surface area contributed by atoms with E-state index >= 15 is 0 Å². The van der Waals surface area contributed by atoms with Crippen molar-refractivity contribution in [3.8, 4) is 0 Å². The number of H-pyrrole nitrogens is 1. The molecule has 0 radical (unpaired) electrons. The minimum atomic E-state index is -0.730. The van der Waals surface area contributed by atoms with Gasteiger partial charge in [0, 0.05) is 29.6 Å². The van der Waals surface area contributed by atoms with Crippen LogP contribution in [0.1, 0.15) is 31.4 Å². The first-order chi connectivity index (χ1) is 14.1. The summed E-state index contributed by atoms with van der Waals surface area (Å²) in [6, 6.07) is 16.6. The SMILES string of the molecule is CCC(C)NC(=O)[C@H](Cc1c[nH]c2ccccc12)NC(=O)OCc1ccccc1. The third-order valence-corrected chi connectivity index (χ3v) is 4.92. The predicted molar refractivity (Wildman–Crippen MR) is 113 cm³/mol. The molecule has 3 aromatic rings. The minimum Gasteiger partial charge on any atom is -0.445 e. The number of amides is 2. The number of fused-ring (bicyclic) bond motifs is 1. The van der Waals surface area contributed by atoms with Crippen LogP contribution >= 0.6 is 0 Å². The second-order valence-electron chi connectivity index (χ2n) is 7.14. The molecule has 3 N–H and O–H groups in total. The van der Waals surface area contributed by atoms with Crippen molar-refractivity contribution in [3.05, 3.63) is 71.9 Å². The highest BCUT2D eigenvalue weighted by atomic mass is 16.5. The van der Waals surface area contributed by atoms with E-state index in [0.717, 1.165) is 28.5 Å². The Morgan fingerprint density at radius 3 is 2.52 bits per heavy atom. The van der Waals surface area contributed by atoms with Crippen molar-refractivity contribution in [2.24, 2.45) is 0 Å². The van der Waals surface area contributed by atoms with Gasteiger partial charge in [-0.3, -0.25) is 4.79 Å². The van der Waals surface area contributed by atoms with Gasteiger partial charge in [0.1, 0.15) is 12.6 Å². The predicted octanol–water partition coefficient (Wildman–Crippen LogP) is 3.92. The number of alkyl carbamates (subject to hydrolysis) is 1. The summed E-state index contributed by atoms with van der Waals surface area (Å²) in [6.07, 6.45) is 2.44. The van der Waals surface area contributed by atoms with Gasteiger partial charge in [0.25, 0.3) is 0 Å². The smallest absolute Gasteiger partial charge is 0.408 e. The number of aromatic amines is 1. The highest BCUT2D eigenvalue weighted by Crippen LogP contribution is 2.19. The molecule has 0 saturated carbocycles. The van der Waals surface area contributed by atoms with Crippen molar-refractivity contribution in [1.29, 1.82) is 0 Å². The summed E-state index contributed by atoms with van der Waals surface area (Å²) >= 11 is 0. The zero-order valence-corrected chi connectivity index (χ0v) is 16.8. The first-order valence-electron chi connectivity index (χ1n) is 9.89. The van der Waals surface area contributed by atoms with Gasteiger partial charge in [-0.2, -0.15) is 0 Å². The van der Waals surface area contributed by atoms with Crippen LogP contribution in [0, 0.1) is 0 Å². The van der Waals surface area contributed by atoms with Gasteiger partial charge in [0.05, 0.1) is 0 Å². The van der Waals surface area contributed by atoms with E-state index < -0.39 is 12.1 Å². The maximum atomic E-state index is 12.8. The first-order valence-corrected chi connectivity index (χ1v) is 9.89. The van der Waals surface area contributed by atoms with E-state index in [0.29, 0.717) is 6.42 Å². The molecule has 2 atom stereocenters. The molecule has 3 rings (SSSR count). The molecule has 1 heterocycles. The van der Waals surface area contributed by atoms with Crippen molar-refractivity contribution in [1.82, 2.24) is 15.6 Å². The lowest BCUT2D eigenvalue weighted by Crippen LogP contribution is -2.50. The van der Waals surface area contributed by atoms with E-state index in [9.17, 15) is 9.59 Å². The number of carbonyl (C=O) groups is 2. The molecule has 29 heavy (non-hydrogen) atoms. The fourth-order valence-electron chi connectivity index (χ4n) is 3.08. The molecule has 1 aromatic heterocycles. The van der Waals surface area contributed by atoms with Gasteiger partial charge in [-0.15, -0.1) is 0 Å². The Morgan fingerprint density at radius 1 is 1.03 bits per heavy atom. The first kappa shape index (κ1) is 20.5. The van der Waals surface area contributed by atoms with Crippen LogP contribution in [-0.4, -0.2) is 29.1 Å². The van der Waals surface area contributed by atoms with Crippen molar-refractivity contribution in [3.63, 3.8) is 0 Å². The minimum absolute atomic E-state index is 0.0232. The van der Waals surface area contributed by atoms with E-state index in [-0.39, 0.29) is 18.6 Å². The standard InChI is InChI=1S/C23H27N3O3/c1-3-16(2)25-22(27)21(13-18-14-24-20-12-8-7-11-19(18)20)26-23(28)29-15-17-9-5-4-6-10-17/h4-12,14,16,21,24H,3,13,15H2,1-2H3,(H,25,27)(H,26,28)/t16?,21-/m0/s1. The lowest BCUT2D eigenvalue weighted by atomic mass is 10.0. The number of ether oxygens (including phenoxy) is 1. The molecule has 1 unspecified atom stereocenters. The van der Waals surface area contributed by atoms with Crippen LogP contribution in [0.2, 0.25) is 0 Å². The van der Waals surface area contributed by atoms with Crippen molar-refractivity contribution in [2.75, 3.05) is 0 Å². The number of benzene rings is 2. The molecule has 6 heteroatoms. The number of nitrogens with one attached hydrogen (secondary N) is 3. The van der Waals surface area contributed by atoms with Crippen LogP contribution in [0.4, 0.5) is 4.79 Å². The molecular formula is C23H27N3O3. The third kappa shape index (κ3) is 5.60. The molecule has 152 valence electrons. The van der Waals surface area contributed by atoms with E-state index in [1.807, 2.05) is 74.6 Å². The molecule has 0 aliphatic rings. The molecule has 2 aromatic carbocycles. The maximum Gasteiger partial charge on any atom is 0.408 e. The number of hydrogen-bond acceptors (Lipinski definition) is 3. The summed E-state index contributed by atoms with van der Waals surface area (Å²) < 4.78 is 5.31. The fourth-order valence-corrected chi connectivity index (χ4v) is 3.08. The molecule has 0 bridgehead atoms. The Bertz CT molecular complexity index is 952. The summed E-state index contributed by atoms with van der Waals surface area (Å²) in [5.41, 5.74) is 2.85. The molecule has 0 spiro atoms. The molecule has 0 fully saturated rings. The van der Waals surface area contributed by atoms with Crippen molar-refractivity contribution in [2.45, 2.75) is 45.4 Å². The topological polar surface area (TPSA) is 83.2 Å². The van der Waals surface area contributed by atoms with E-state index in [4.69, 9.17) is 4.74 Å². The van der Waals surface area contributed by atoms with Crippen LogP contribution < -0.4 is 10.6 Å². The average Bonchev–Trinajstić information content (AvgIpc) is 3.15. The summed E-state index contributed by atoms with van der Waals surface area (Å²) in [5.74, 6) is -0.221. The van der Waals surface area contributed by atoms with Gasteiger partial charge in [0.15, 0.2) is 0 Å². The summed E-state index contributed by atoms with van der Waals surface area (Å²) in [6.45, 7) is 4.09. The Labute approximate surface area is 170 Å². The highest BCUT2D eigenvalue weighted by Gasteiger charge is 2.24. The van der Waals surface area contributed by atoms with Gasteiger partial charge in [0.2, 0.25) is 5.91 Å². The second kappa shape index (κ2) is 9.78. The number of carbonyl (C=O) groups excluding carboxylic acids is 2. The zero-order chi connectivity index (χ0) is 20.6. The van der Waals surface area contributed by atoms with Crippen molar-refractivity contribution < 1.29 is 14.3 Å². The van der Waals surface area contributed by atoms with E-state index in [1.165, 1.54) is 0 Å². The second-order valence-corrected chi connectivity index (χ2v) is 7.14. The molecule has 6 nitrogen and oxygen atoms in total. The van der Waals surface area contributed by atoms with E-state index in [1.54, 1.807) is 0 Å². The van der Waals surface area contributed by atoms with Gasteiger partial charge >= 0.3 is 6.09 Å². The van der Waals surface area contributed by atoms with Gasteiger partial charge < -0.3 is 20.4 Å². The Hall–Kier alpha value is -3.28. The highest BCUT2D eigenvalue weighted by molar-refractivity contribution is 5.88. The number of rotatable bonds is 8. The lowest BCUT2D eigenvalue weighted by Gasteiger charge is -2.20. The number of aromatic nitrogens is 1. The zero-order valence-electron chi connectivity index (χ0n) is 16.8. The third-order valence-electron chi connectivity index (χ3n) is 4.92. The fraction of sp³-hybridized carbons (Fsp3) is 0.304. The Morgan fingerprint density at radius 2 is 1.76 bits per heavy atom. The summed E-state index contributed by atoms with van der Waals surface area (Å²) in [5, 5.41) is 6.72. The average molecular weight is 393 g/mol. The largest absolute Gasteiger partial charge is 0.445 e. The number of para-hydroxylation sites is 1. The molecular weight excluding hydrogens is 366 g/mol. The summed E-state index contributed by atoms with van der Waals surface area (Å²) in [4.78, 5) is 28.4. The van der Waals surface area contributed by atoms with Crippen LogP contribution in [0.25, 0.3) is 10.9 Å². The number of hydrogen-bond donors (Lipinski definition) is 3. The van der Waals surface area contributed by atoms with Gasteiger partial charge in [-0.05, 0) is 30.5 Å². The van der Waals surface area contributed by atoms with Crippen LogP contribution in [0.15, 0.2) is 60.8 Å². The van der Waals surface area contributed by atoms with Crippen LogP contribution in [0.5, 0.6) is 0 Å². The Balaban J connectivity index is 1.70. The summed E-state index contributed by atoms with van der Waals surface area (Å²) in [7, 11) is 0. The molecule has 0 aliphatic carbocycles. The van der Waals surface area contributed by atoms with Gasteiger partial charge in [-0.1, -0.05) is 55.5 Å². The monoisotopic (exact) mass is 393 g/mol. The molecule has 0 aliphatic heterocycles. The lowest BCUT2D eigenvalue weighted by molar-refractivity contribution is -0.123. The normalized spacial score (nSPS) is 12.9. The maximum absolute atomic E-state index is 12.8. The molecule has 2 amide bonds. The van der Waals surface area contributed by atoms with E-state index in [2.05, 4.69) is 15.6 Å². The van der Waals surface area contributed by atoms with Crippen LogP contribution in [0.3, 0.4) is 0 Å². The van der Waals surface area contributed by atoms with Gasteiger partial charge in [-0.25, -0.2) is 4.79 Å². The Kier molecular flexibility index (Phi) is 6.89.